The lowest BCUT2D eigenvalue weighted by molar-refractivity contribution is -0.145. The van der Waals surface area contributed by atoms with Crippen LogP contribution in [-0.4, -0.2) is 30.6 Å². The Balaban J connectivity index is 2.38. The predicted octanol–water partition coefficient (Wildman–Crippen LogP) is 7.14. The molecule has 1 atom stereocenters. The van der Waals surface area contributed by atoms with Gasteiger partial charge in [0.15, 0.2) is 0 Å². The maximum Gasteiger partial charge on any atom is 0.317 e. The fraction of sp³-hybridized carbons (Fsp3) is 0.593. The van der Waals surface area contributed by atoms with E-state index in [-0.39, 0.29) is 12.0 Å². The Hall–Kier alpha value is -1.68. The highest BCUT2D eigenvalue weighted by Crippen LogP contribution is 2.51. The van der Waals surface area contributed by atoms with Crippen LogP contribution in [0.3, 0.4) is 0 Å². The van der Waals surface area contributed by atoms with E-state index in [9.17, 15) is 4.79 Å². The van der Waals surface area contributed by atoms with Crippen LogP contribution in [0.15, 0.2) is 59.4 Å². The van der Waals surface area contributed by atoms with Crippen molar-refractivity contribution in [1.29, 1.82) is 0 Å². The SMILES string of the molecule is C=C(C)C(CSC/C=C(\C)CC/C=C(\C)CCC=C(C)C)NC(=C)C1(C(=O)OC)CC1. The average molecular weight is 446 g/mol. The molecule has 0 heterocycles. The summed E-state index contributed by atoms with van der Waals surface area (Å²) in [6.07, 6.45) is 13.2. The number of carbonyl (C=O) groups excluding carboxylic acids is 1. The maximum absolute atomic E-state index is 12.1. The summed E-state index contributed by atoms with van der Waals surface area (Å²) in [4.78, 5) is 12.1. The average Bonchev–Trinajstić information content (AvgIpc) is 3.51. The highest BCUT2D eigenvalue weighted by Gasteiger charge is 2.54. The molecule has 0 radical (unpaired) electrons. The summed E-state index contributed by atoms with van der Waals surface area (Å²) in [7, 11) is 1.44. The first-order valence-electron chi connectivity index (χ1n) is 11.3. The molecule has 0 aromatic carbocycles. The third-order valence-corrected chi connectivity index (χ3v) is 6.78. The molecule has 1 saturated carbocycles. The quantitative estimate of drug-likeness (QED) is 0.165. The Kier molecular flexibility index (Phi) is 12.1. The zero-order valence-corrected chi connectivity index (χ0v) is 21.4. The molecule has 1 aliphatic carbocycles. The van der Waals surface area contributed by atoms with Gasteiger partial charge in [0.05, 0.1) is 13.2 Å². The number of carbonyl (C=O) groups is 1. The molecule has 1 unspecified atom stereocenters. The molecule has 0 saturated heterocycles. The van der Waals surface area contributed by atoms with E-state index in [4.69, 9.17) is 4.74 Å². The number of allylic oxidation sites excluding steroid dienone is 5. The molecule has 31 heavy (non-hydrogen) atoms. The number of rotatable bonds is 15. The topological polar surface area (TPSA) is 38.3 Å². The lowest BCUT2D eigenvalue weighted by Crippen LogP contribution is -2.37. The van der Waals surface area contributed by atoms with Crippen molar-refractivity contribution < 1.29 is 9.53 Å². The number of nitrogens with one attached hydrogen (secondary N) is 1. The van der Waals surface area contributed by atoms with Crippen LogP contribution in [-0.2, 0) is 9.53 Å². The van der Waals surface area contributed by atoms with Crippen molar-refractivity contribution in [2.45, 2.75) is 79.2 Å². The number of ether oxygens (including phenoxy) is 1. The second kappa shape index (κ2) is 13.7. The van der Waals surface area contributed by atoms with Crippen molar-refractivity contribution in [2.24, 2.45) is 5.41 Å². The molecule has 174 valence electrons. The minimum absolute atomic E-state index is 0.111. The van der Waals surface area contributed by atoms with Gasteiger partial charge in [0.25, 0.3) is 0 Å². The van der Waals surface area contributed by atoms with Gasteiger partial charge in [-0.25, -0.2) is 0 Å². The molecule has 0 aromatic rings. The highest BCUT2D eigenvalue weighted by molar-refractivity contribution is 7.99. The Morgan fingerprint density at radius 2 is 1.61 bits per heavy atom. The molecule has 0 aliphatic heterocycles. The first kappa shape index (κ1) is 27.4. The van der Waals surface area contributed by atoms with Crippen molar-refractivity contribution in [3.05, 3.63) is 59.4 Å². The van der Waals surface area contributed by atoms with Crippen molar-refractivity contribution in [3.8, 4) is 0 Å². The molecular formula is C27H43NO2S. The van der Waals surface area contributed by atoms with Gasteiger partial charge in [-0.1, -0.05) is 53.7 Å². The van der Waals surface area contributed by atoms with Crippen molar-refractivity contribution in [1.82, 2.24) is 5.32 Å². The number of hydrogen-bond acceptors (Lipinski definition) is 4. The lowest BCUT2D eigenvalue weighted by atomic mass is 10.0. The van der Waals surface area contributed by atoms with Gasteiger partial charge in [-0.2, -0.15) is 11.8 Å². The summed E-state index contributed by atoms with van der Waals surface area (Å²) < 4.78 is 4.96. The van der Waals surface area contributed by atoms with Crippen molar-refractivity contribution in [2.75, 3.05) is 18.6 Å². The maximum atomic E-state index is 12.1. The zero-order chi connectivity index (χ0) is 23.4. The van der Waals surface area contributed by atoms with Gasteiger partial charge in [-0.05, 0) is 73.1 Å². The van der Waals surface area contributed by atoms with Crippen molar-refractivity contribution in [3.63, 3.8) is 0 Å². The summed E-state index contributed by atoms with van der Waals surface area (Å²) in [5.74, 6) is 1.70. The summed E-state index contributed by atoms with van der Waals surface area (Å²) >= 11 is 1.88. The fourth-order valence-electron chi connectivity index (χ4n) is 3.33. The Morgan fingerprint density at radius 3 is 2.13 bits per heavy atom. The number of thioether (sulfide) groups is 1. The van der Waals surface area contributed by atoms with E-state index in [0.29, 0.717) is 0 Å². The third kappa shape index (κ3) is 9.99. The third-order valence-electron chi connectivity index (χ3n) is 5.80. The van der Waals surface area contributed by atoms with E-state index >= 15 is 0 Å². The van der Waals surface area contributed by atoms with E-state index in [2.05, 4.69) is 64.4 Å². The molecule has 0 spiro atoms. The van der Waals surface area contributed by atoms with Crippen LogP contribution >= 0.6 is 11.8 Å². The smallest absolute Gasteiger partial charge is 0.317 e. The van der Waals surface area contributed by atoms with Gasteiger partial charge >= 0.3 is 5.97 Å². The molecule has 1 N–H and O–H groups in total. The van der Waals surface area contributed by atoms with E-state index in [0.717, 1.165) is 61.3 Å². The summed E-state index contributed by atoms with van der Waals surface area (Å²) in [5.41, 5.74) is 5.62. The molecule has 0 bridgehead atoms. The normalized spacial score (nSPS) is 16.3. The minimum Gasteiger partial charge on any atom is -0.468 e. The molecule has 0 aromatic heterocycles. The van der Waals surface area contributed by atoms with Crippen LogP contribution in [0.2, 0.25) is 0 Å². The van der Waals surface area contributed by atoms with Crippen LogP contribution in [0.5, 0.6) is 0 Å². The Bertz CT molecular complexity index is 722. The second-order valence-electron chi connectivity index (χ2n) is 9.09. The van der Waals surface area contributed by atoms with Crippen LogP contribution in [0.4, 0.5) is 0 Å². The standard InChI is InChI=1S/C27H43NO2S/c1-20(2)11-9-12-22(5)13-10-14-23(6)15-18-31-19-25(21(3)4)28-24(7)27(16-17-27)26(29)30-8/h11,13,15,25,28H,3,7,9-10,12,14,16-19H2,1-2,4-6,8H3/b22-13+,23-15+. The number of methoxy groups -OCH3 is 1. The molecule has 3 nitrogen and oxygen atoms in total. The molecule has 1 aliphatic rings. The van der Waals surface area contributed by atoms with E-state index in [1.54, 1.807) is 0 Å². The van der Waals surface area contributed by atoms with Crippen LogP contribution in [0.1, 0.15) is 73.1 Å². The van der Waals surface area contributed by atoms with E-state index < -0.39 is 5.41 Å². The van der Waals surface area contributed by atoms with Crippen molar-refractivity contribution >= 4 is 17.7 Å². The lowest BCUT2D eigenvalue weighted by Gasteiger charge is -2.25. The molecular weight excluding hydrogens is 402 g/mol. The predicted molar refractivity (Wildman–Crippen MR) is 137 cm³/mol. The summed E-state index contributed by atoms with van der Waals surface area (Å²) in [6.45, 7) is 19.0. The summed E-state index contributed by atoms with van der Waals surface area (Å²) in [5, 5.41) is 3.44. The Labute approximate surface area is 195 Å². The largest absolute Gasteiger partial charge is 0.468 e. The van der Waals surface area contributed by atoms with Gasteiger partial charge in [0.2, 0.25) is 0 Å². The van der Waals surface area contributed by atoms with Crippen LogP contribution < -0.4 is 5.32 Å². The minimum atomic E-state index is -0.527. The monoisotopic (exact) mass is 445 g/mol. The van der Waals surface area contributed by atoms with Crippen LogP contribution in [0.25, 0.3) is 0 Å². The highest BCUT2D eigenvalue weighted by atomic mass is 32.2. The molecule has 4 heteroatoms. The molecule has 0 amide bonds. The number of hydrogen-bond donors (Lipinski definition) is 1. The Morgan fingerprint density at radius 1 is 1.03 bits per heavy atom. The second-order valence-corrected chi connectivity index (χ2v) is 10.2. The fourth-order valence-corrected chi connectivity index (χ4v) is 4.47. The van der Waals surface area contributed by atoms with E-state index in [1.807, 2.05) is 18.7 Å². The van der Waals surface area contributed by atoms with Crippen LogP contribution in [0, 0.1) is 5.41 Å². The number of esters is 1. The van der Waals surface area contributed by atoms with Gasteiger partial charge in [0.1, 0.15) is 5.41 Å². The van der Waals surface area contributed by atoms with E-state index in [1.165, 1.54) is 23.8 Å². The first-order chi connectivity index (χ1) is 14.6. The zero-order valence-electron chi connectivity index (χ0n) is 20.6. The molecule has 1 fully saturated rings. The molecule has 1 rings (SSSR count). The first-order valence-corrected chi connectivity index (χ1v) is 12.5. The summed E-state index contributed by atoms with van der Waals surface area (Å²) in [6, 6.07) is 0.111. The van der Waals surface area contributed by atoms with Gasteiger partial charge < -0.3 is 10.1 Å². The van der Waals surface area contributed by atoms with Gasteiger partial charge in [-0.3, -0.25) is 4.79 Å². The van der Waals surface area contributed by atoms with Gasteiger partial charge in [0, 0.05) is 17.2 Å². The van der Waals surface area contributed by atoms with Gasteiger partial charge in [-0.15, -0.1) is 0 Å².